The maximum Gasteiger partial charge on any atom is 0.169 e. The standard InChI is InChI=1S/C16H18BrFO3/c17-12-1-2-14(18)13(9-12)15(19)11-3-6-21-16(10-11)4-7-20-8-5-16/h1-2,9,11H,3-8,10H2. The average molecular weight is 357 g/mol. The van der Waals surface area contributed by atoms with Crippen molar-refractivity contribution in [3.63, 3.8) is 0 Å². The number of Topliss-reactive ketones (excluding diaryl/α,β-unsaturated/α-hetero) is 1. The lowest BCUT2D eigenvalue weighted by Gasteiger charge is -2.42. The van der Waals surface area contributed by atoms with E-state index in [0.29, 0.717) is 32.7 Å². The molecule has 3 nitrogen and oxygen atoms in total. The Bertz CT molecular complexity index is 535. The van der Waals surface area contributed by atoms with Gasteiger partial charge in [0.25, 0.3) is 0 Å². The van der Waals surface area contributed by atoms with Crippen LogP contribution in [0.3, 0.4) is 0 Å². The van der Waals surface area contributed by atoms with Gasteiger partial charge in [0.1, 0.15) is 5.82 Å². The Kier molecular flexibility index (Phi) is 4.43. The molecule has 1 aromatic carbocycles. The van der Waals surface area contributed by atoms with Crippen LogP contribution in [-0.2, 0) is 9.47 Å². The van der Waals surface area contributed by atoms with Crippen molar-refractivity contribution in [1.82, 2.24) is 0 Å². The van der Waals surface area contributed by atoms with E-state index in [1.807, 2.05) is 0 Å². The number of halogens is 2. The fourth-order valence-corrected chi connectivity index (χ4v) is 3.61. The van der Waals surface area contributed by atoms with Crippen LogP contribution in [-0.4, -0.2) is 31.2 Å². The maximum absolute atomic E-state index is 13.9. The molecule has 1 unspecified atom stereocenters. The third-order valence-corrected chi connectivity index (χ3v) is 4.95. The van der Waals surface area contributed by atoms with Crippen LogP contribution in [0.5, 0.6) is 0 Å². The van der Waals surface area contributed by atoms with Crippen molar-refractivity contribution >= 4 is 21.7 Å². The van der Waals surface area contributed by atoms with Gasteiger partial charge in [-0.05, 0) is 43.9 Å². The first kappa shape index (κ1) is 15.1. The molecule has 2 aliphatic rings. The molecule has 1 atom stereocenters. The number of ether oxygens (including phenoxy) is 2. The number of hydrogen-bond donors (Lipinski definition) is 0. The summed E-state index contributed by atoms with van der Waals surface area (Å²) in [5, 5.41) is 0. The van der Waals surface area contributed by atoms with Crippen LogP contribution in [0, 0.1) is 11.7 Å². The van der Waals surface area contributed by atoms with Crippen molar-refractivity contribution in [2.24, 2.45) is 5.92 Å². The highest BCUT2D eigenvalue weighted by Gasteiger charge is 2.41. The third-order valence-electron chi connectivity index (χ3n) is 4.46. The van der Waals surface area contributed by atoms with Crippen molar-refractivity contribution < 1.29 is 18.7 Å². The summed E-state index contributed by atoms with van der Waals surface area (Å²) in [7, 11) is 0. The molecule has 0 aromatic heterocycles. The first-order valence-corrected chi connectivity index (χ1v) is 8.10. The summed E-state index contributed by atoms with van der Waals surface area (Å²) in [6.07, 6.45) is 2.96. The van der Waals surface area contributed by atoms with Crippen LogP contribution in [0.25, 0.3) is 0 Å². The second kappa shape index (κ2) is 6.15. The van der Waals surface area contributed by atoms with Crippen molar-refractivity contribution in [1.29, 1.82) is 0 Å². The average Bonchev–Trinajstić information content (AvgIpc) is 2.50. The molecule has 21 heavy (non-hydrogen) atoms. The first-order chi connectivity index (χ1) is 10.1. The van der Waals surface area contributed by atoms with Gasteiger partial charge in [0.05, 0.1) is 11.2 Å². The van der Waals surface area contributed by atoms with Gasteiger partial charge in [0.2, 0.25) is 0 Å². The Hall–Kier alpha value is -0.780. The van der Waals surface area contributed by atoms with Gasteiger partial charge in [-0.1, -0.05) is 15.9 Å². The molecule has 2 fully saturated rings. The Balaban J connectivity index is 1.79. The zero-order valence-electron chi connectivity index (χ0n) is 11.7. The minimum absolute atomic E-state index is 0.108. The Morgan fingerprint density at radius 2 is 2.05 bits per heavy atom. The summed E-state index contributed by atoms with van der Waals surface area (Å²) in [4.78, 5) is 12.7. The number of carbonyl (C=O) groups excluding carboxylic acids is 1. The molecule has 1 aromatic rings. The lowest BCUT2D eigenvalue weighted by atomic mass is 9.78. The molecule has 114 valence electrons. The van der Waals surface area contributed by atoms with Crippen molar-refractivity contribution in [3.8, 4) is 0 Å². The van der Waals surface area contributed by atoms with E-state index in [1.165, 1.54) is 6.07 Å². The number of ketones is 1. The van der Waals surface area contributed by atoms with Crippen LogP contribution in [0.1, 0.15) is 36.0 Å². The molecule has 0 N–H and O–H groups in total. The number of carbonyl (C=O) groups is 1. The fraction of sp³-hybridized carbons (Fsp3) is 0.562. The van der Waals surface area contributed by atoms with Gasteiger partial charge < -0.3 is 9.47 Å². The highest BCUT2D eigenvalue weighted by Crippen LogP contribution is 2.38. The maximum atomic E-state index is 13.9. The molecule has 5 heteroatoms. The molecule has 0 aliphatic carbocycles. The summed E-state index contributed by atoms with van der Waals surface area (Å²) < 4.78 is 26.0. The van der Waals surface area contributed by atoms with Gasteiger partial charge in [-0.25, -0.2) is 4.39 Å². The van der Waals surface area contributed by atoms with E-state index in [1.54, 1.807) is 12.1 Å². The Labute approximate surface area is 131 Å². The normalized spacial score (nSPS) is 25.0. The predicted octanol–water partition coefficient (Wildman–Crippen LogP) is 3.75. The quantitative estimate of drug-likeness (QED) is 0.757. The molecule has 0 amide bonds. The van der Waals surface area contributed by atoms with E-state index < -0.39 is 5.82 Å². The van der Waals surface area contributed by atoms with Crippen LogP contribution >= 0.6 is 15.9 Å². The lowest BCUT2D eigenvalue weighted by molar-refractivity contribution is -0.142. The summed E-state index contributed by atoms with van der Waals surface area (Å²) in [5.74, 6) is -0.723. The molecular formula is C16H18BrFO3. The molecular weight excluding hydrogens is 339 g/mol. The zero-order chi connectivity index (χ0) is 14.9. The summed E-state index contributed by atoms with van der Waals surface area (Å²) in [6.45, 7) is 1.91. The predicted molar refractivity (Wildman–Crippen MR) is 79.9 cm³/mol. The fourth-order valence-electron chi connectivity index (χ4n) is 3.25. The molecule has 2 heterocycles. The zero-order valence-corrected chi connectivity index (χ0v) is 13.3. The minimum Gasteiger partial charge on any atom is -0.381 e. The number of benzene rings is 1. The van der Waals surface area contributed by atoms with Crippen molar-refractivity contribution in [2.45, 2.75) is 31.3 Å². The van der Waals surface area contributed by atoms with E-state index in [4.69, 9.17) is 9.47 Å². The Morgan fingerprint density at radius 3 is 2.81 bits per heavy atom. The first-order valence-electron chi connectivity index (χ1n) is 7.31. The van der Waals surface area contributed by atoms with Gasteiger partial charge in [0.15, 0.2) is 5.78 Å². The molecule has 0 bridgehead atoms. The molecule has 2 aliphatic heterocycles. The highest BCUT2D eigenvalue weighted by atomic mass is 79.9. The largest absolute Gasteiger partial charge is 0.381 e. The van der Waals surface area contributed by atoms with Gasteiger partial charge >= 0.3 is 0 Å². The SMILES string of the molecule is O=C(c1cc(Br)ccc1F)C1CCOC2(CCOCC2)C1. The van der Waals surface area contributed by atoms with Crippen LogP contribution in [0.15, 0.2) is 22.7 Å². The highest BCUT2D eigenvalue weighted by molar-refractivity contribution is 9.10. The molecule has 3 rings (SSSR count). The smallest absolute Gasteiger partial charge is 0.169 e. The van der Waals surface area contributed by atoms with Gasteiger partial charge in [-0.15, -0.1) is 0 Å². The third kappa shape index (κ3) is 3.20. The molecule has 0 radical (unpaired) electrons. The van der Waals surface area contributed by atoms with E-state index >= 15 is 0 Å². The lowest BCUT2D eigenvalue weighted by Crippen LogP contribution is -2.46. The molecule has 0 saturated carbocycles. The van der Waals surface area contributed by atoms with Gasteiger partial charge in [-0.2, -0.15) is 0 Å². The number of hydrogen-bond acceptors (Lipinski definition) is 3. The second-order valence-corrected chi connectivity index (χ2v) is 6.74. The van der Waals surface area contributed by atoms with Crippen LogP contribution in [0.2, 0.25) is 0 Å². The summed E-state index contributed by atoms with van der Waals surface area (Å²) in [5.41, 5.74) is -0.0715. The topological polar surface area (TPSA) is 35.5 Å². The van der Waals surface area contributed by atoms with Crippen LogP contribution in [0.4, 0.5) is 4.39 Å². The second-order valence-electron chi connectivity index (χ2n) is 5.82. The molecule has 2 saturated heterocycles. The number of rotatable bonds is 2. The van der Waals surface area contributed by atoms with Gasteiger partial charge in [0, 0.05) is 30.2 Å². The molecule has 1 spiro atoms. The van der Waals surface area contributed by atoms with E-state index in [-0.39, 0.29) is 22.9 Å². The monoisotopic (exact) mass is 356 g/mol. The minimum atomic E-state index is -0.448. The van der Waals surface area contributed by atoms with E-state index in [2.05, 4.69) is 15.9 Å². The van der Waals surface area contributed by atoms with E-state index in [0.717, 1.165) is 17.3 Å². The van der Waals surface area contributed by atoms with Gasteiger partial charge in [-0.3, -0.25) is 4.79 Å². The van der Waals surface area contributed by atoms with Crippen molar-refractivity contribution in [2.75, 3.05) is 19.8 Å². The summed E-state index contributed by atoms with van der Waals surface area (Å²) >= 11 is 3.30. The van der Waals surface area contributed by atoms with Crippen molar-refractivity contribution in [3.05, 3.63) is 34.1 Å². The summed E-state index contributed by atoms with van der Waals surface area (Å²) in [6, 6.07) is 4.51. The van der Waals surface area contributed by atoms with E-state index in [9.17, 15) is 9.18 Å². The Morgan fingerprint density at radius 1 is 1.29 bits per heavy atom. The van der Waals surface area contributed by atoms with Crippen LogP contribution < -0.4 is 0 Å².